The quantitative estimate of drug-likeness (QED) is 0.520. The minimum absolute atomic E-state index is 0.101. The van der Waals surface area contributed by atoms with Gasteiger partial charge in [0.25, 0.3) is 10.0 Å². The zero-order valence-electron chi connectivity index (χ0n) is 18.5. The highest BCUT2D eigenvalue weighted by atomic mass is 32.2. The number of hydrogen-bond donors (Lipinski definition) is 1. The van der Waals surface area contributed by atoms with E-state index in [0.29, 0.717) is 17.9 Å². The van der Waals surface area contributed by atoms with Crippen LogP contribution in [0.15, 0.2) is 83.8 Å². The molecule has 32 heavy (non-hydrogen) atoms. The molecule has 0 aliphatic heterocycles. The molecule has 1 atom stereocenters. The van der Waals surface area contributed by atoms with Crippen molar-refractivity contribution >= 4 is 21.6 Å². The molecule has 0 saturated carbocycles. The number of anilines is 1. The Morgan fingerprint density at radius 1 is 0.969 bits per heavy atom. The normalized spacial score (nSPS) is 12.1. The van der Waals surface area contributed by atoms with Crippen LogP contribution in [0.3, 0.4) is 0 Å². The van der Waals surface area contributed by atoms with Gasteiger partial charge in [0.1, 0.15) is 12.3 Å². The lowest BCUT2D eigenvalue weighted by atomic mass is 10.0. The van der Waals surface area contributed by atoms with Crippen molar-refractivity contribution in [2.45, 2.75) is 31.2 Å². The predicted molar refractivity (Wildman–Crippen MR) is 126 cm³/mol. The Bertz CT molecular complexity index is 1150. The molecule has 3 rings (SSSR count). The first-order chi connectivity index (χ1) is 15.4. The Balaban J connectivity index is 1.93. The first-order valence-corrected chi connectivity index (χ1v) is 11.9. The number of amides is 1. The molecule has 0 aliphatic rings. The zero-order chi connectivity index (χ0) is 23.1. The molecule has 6 nitrogen and oxygen atoms in total. The number of para-hydroxylation sites is 2. The molecule has 3 aromatic rings. The molecule has 1 N–H and O–H groups in total. The number of nitrogens with zero attached hydrogens (tertiary/aromatic N) is 1. The lowest BCUT2D eigenvalue weighted by Gasteiger charge is -2.27. The Hall–Kier alpha value is -3.32. The van der Waals surface area contributed by atoms with Crippen LogP contribution in [0, 0.1) is 6.92 Å². The molecular weight excluding hydrogens is 424 g/mol. The lowest BCUT2D eigenvalue weighted by Crippen LogP contribution is -2.42. The van der Waals surface area contributed by atoms with Gasteiger partial charge in [-0.05, 0) is 43.2 Å². The van der Waals surface area contributed by atoms with Crippen molar-refractivity contribution in [2.24, 2.45) is 0 Å². The monoisotopic (exact) mass is 452 g/mol. The van der Waals surface area contributed by atoms with E-state index in [1.165, 1.54) is 19.2 Å². The molecular formula is C25H28N2O4S. The van der Waals surface area contributed by atoms with E-state index in [1.807, 2.05) is 38.1 Å². The smallest absolute Gasteiger partial charge is 0.264 e. The third-order valence-corrected chi connectivity index (χ3v) is 6.97. The van der Waals surface area contributed by atoms with Gasteiger partial charge in [-0.1, -0.05) is 67.1 Å². The highest BCUT2D eigenvalue weighted by Gasteiger charge is 2.29. The maximum absolute atomic E-state index is 13.5. The van der Waals surface area contributed by atoms with Gasteiger partial charge in [0, 0.05) is 0 Å². The summed E-state index contributed by atoms with van der Waals surface area (Å²) in [6.45, 7) is 3.60. The molecule has 0 bridgehead atoms. The van der Waals surface area contributed by atoms with Crippen LogP contribution in [0.1, 0.15) is 30.5 Å². The summed E-state index contributed by atoms with van der Waals surface area (Å²) in [5.41, 5.74) is 2.41. The SMILES string of the molecule is CC[C@@H](NC(=O)CN(c1ccccc1OC)S(=O)(=O)c1ccccc1)c1ccc(C)cc1. The van der Waals surface area contributed by atoms with Gasteiger partial charge in [-0.15, -0.1) is 0 Å². The number of aryl methyl sites for hydroxylation is 1. The van der Waals surface area contributed by atoms with E-state index < -0.39 is 15.9 Å². The van der Waals surface area contributed by atoms with Gasteiger partial charge < -0.3 is 10.1 Å². The van der Waals surface area contributed by atoms with Gasteiger partial charge in [-0.3, -0.25) is 9.10 Å². The summed E-state index contributed by atoms with van der Waals surface area (Å²) in [5.74, 6) is -0.0341. The summed E-state index contributed by atoms with van der Waals surface area (Å²) < 4.78 is 33.5. The fourth-order valence-corrected chi connectivity index (χ4v) is 4.90. The van der Waals surface area contributed by atoms with E-state index in [9.17, 15) is 13.2 Å². The molecule has 3 aromatic carbocycles. The van der Waals surface area contributed by atoms with Crippen LogP contribution in [0.4, 0.5) is 5.69 Å². The van der Waals surface area contributed by atoms with Crippen LogP contribution in [0.25, 0.3) is 0 Å². The van der Waals surface area contributed by atoms with Gasteiger partial charge in [0.05, 0.1) is 23.7 Å². The highest BCUT2D eigenvalue weighted by molar-refractivity contribution is 7.92. The Labute approximate surface area is 189 Å². The number of ether oxygens (including phenoxy) is 1. The third-order valence-electron chi connectivity index (χ3n) is 5.20. The lowest BCUT2D eigenvalue weighted by molar-refractivity contribution is -0.120. The second kappa shape index (κ2) is 10.3. The second-order valence-electron chi connectivity index (χ2n) is 7.44. The molecule has 0 heterocycles. The summed E-state index contributed by atoms with van der Waals surface area (Å²) in [6.07, 6.45) is 0.675. The molecule has 0 spiro atoms. The predicted octanol–water partition coefficient (Wildman–Crippen LogP) is 4.47. The first-order valence-electron chi connectivity index (χ1n) is 10.4. The summed E-state index contributed by atoms with van der Waals surface area (Å²) in [6, 6.07) is 22.5. The minimum atomic E-state index is -4.00. The number of methoxy groups -OCH3 is 1. The number of carbonyl (C=O) groups excluding carboxylic acids is 1. The largest absolute Gasteiger partial charge is 0.495 e. The van der Waals surface area contributed by atoms with Gasteiger partial charge in [0.2, 0.25) is 5.91 Å². The van der Waals surface area contributed by atoms with Gasteiger partial charge >= 0.3 is 0 Å². The standard InChI is InChI=1S/C25H28N2O4S/c1-4-22(20-16-14-19(2)15-17-20)26-25(28)18-27(23-12-8-9-13-24(23)31-3)32(29,30)21-10-6-5-7-11-21/h5-17,22H,4,18H2,1-3H3,(H,26,28)/t22-/m1/s1. The van der Waals surface area contributed by atoms with Gasteiger partial charge in [0.15, 0.2) is 0 Å². The third kappa shape index (κ3) is 5.29. The molecule has 0 aliphatic carbocycles. The fourth-order valence-electron chi connectivity index (χ4n) is 3.45. The number of sulfonamides is 1. The number of benzene rings is 3. The van der Waals surface area contributed by atoms with Crippen molar-refractivity contribution in [3.05, 3.63) is 90.0 Å². The summed E-state index contributed by atoms with van der Waals surface area (Å²) in [4.78, 5) is 13.2. The molecule has 0 unspecified atom stereocenters. The molecule has 0 radical (unpaired) electrons. The minimum Gasteiger partial charge on any atom is -0.495 e. The molecule has 0 fully saturated rings. The van der Waals surface area contributed by atoms with Crippen molar-refractivity contribution < 1.29 is 17.9 Å². The number of rotatable bonds is 9. The Morgan fingerprint density at radius 3 is 2.22 bits per heavy atom. The molecule has 1 amide bonds. The fraction of sp³-hybridized carbons (Fsp3) is 0.240. The molecule has 0 saturated heterocycles. The van der Waals surface area contributed by atoms with Crippen LogP contribution < -0.4 is 14.4 Å². The first kappa shape index (κ1) is 23.3. The van der Waals surface area contributed by atoms with Crippen molar-refractivity contribution in [1.29, 1.82) is 0 Å². The van der Waals surface area contributed by atoms with Crippen LogP contribution in [0.5, 0.6) is 5.75 Å². The number of hydrogen-bond acceptors (Lipinski definition) is 4. The molecule has 168 valence electrons. The van der Waals surface area contributed by atoms with Gasteiger partial charge in [-0.25, -0.2) is 8.42 Å². The number of nitrogens with one attached hydrogen (secondary N) is 1. The van der Waals surface area contributed by atoms with Crippen LogP contribution in [-0.2, 0) is 14.8 Å². The van der Waals surface area contributed by atoms with E-state index >= 15 is 0 Å². The summed E-state index contributed by atoms with van der Waals surface area (Å²) in [7, 11) is -2.53. The number of carbonyl (C=O) groups is 1. The molecule has 7 heteroatoms. The van der Waals surface area contributed by atoms with Crippen molar-refractivity contribution in [2.75, 3.05) is 18.0 Å². The average molecular weight is 453 g/mol. The van der Waals surface area contributed by atoms with Crippen LogP contribution in [0.2, 0.25) is 0 Å². The van der Waals surface area contributed by atoms with Gasteiger partial charge in [-0.2, -0.15) is 0 Å². The van der Waals surface area contributed by atoms with E-state index in [4.69, 9.17) is 4.74 Å². The van der Waals surface area contributed by atoms with E-state index in [-0.39, 0.29) is 17.5 Å². The Morgan fingerprint density at radius 2 is 1.59 bits per heavy atom. The summed E-state index contributed by atoms with van der Waals surface area (Å²) >= 11 is 0. The average Bonchev–Trinajstić information content (AvgIpc) is 2.82. The Kier molecular flexibility index (Phi) is 7.53. The van der Waals surface area contributed by atoms with E-state index in [0.717, 1.165) is 15.4 Å². The van der Waals surface area contributed by atoms with Crippen molar-refractivity contribution in [3.63, 3.8) is 0 Å². The van der Waals surface area contributed by atoms with E-state index in [1.54, 1.807) is 42.5 Å². The summed E-state index contributed by atoms with van der Waals surface area (Å²) in [5, 5.41) is 2.98. The maximum Gasteiger partial charge on any atom is 0.264 e. The highest BCUT2D eigenvalue weighted by Crippen LogP contribution is 2.32. The second-order valence-corrected chi connectivity index (χ2v) is 9.30. The molecule has 0 aromatic heterocycles. The van der Waals surface area contributed by atoms with Crippen molar-refractivity contribution in [1.82, 2.24) is 5.32 Å². The van der Waals surface area contributed by atoms with Crippen LogP contribution in [-0.4, -0.2) is 28.0 Å². The van der Waals surface area contributed by atoms with Crippen molar-refractivity contribution in [3.8, 4) is 5.75 Å². The maximum atomic E-state index is 13.5. The topological polar surface area (TPSA) is 75.7 Å². The van der Waals surface area contributed by atoms with Crippen LogP contribution >= 0.6 is 0 Å². The zero-order valence-corrected chi connectivity index (χ0v) is 19.3. The van der Waals surface area contributed by atoms with E-state index in [2.05, 4.69) is 5.32 Å².